The highest BCUT2D eigenvalue weighted by molar-refractivity contribution is 6.13. The molecule has 0 radical (unpaired) electrons. The van der Waals surface area contributed by atoms with Crippen molar-refractivity contribution in [3.63, 3.8) is 0 Å². The van der Waals surface area contributed by atoms with Crippen LogP contribution in [0.1, 0.15) is 0 Å². The Labute approximate surface area is 319 Å². The van der Waals surface area contributed by atoms with E-state index >= 15 is 0 Å². The summed E-state index contributed by atoms with van der Waals surface area (Å²) in [5.74, 6) is 1.79. The topological polar surface area (TPSA) is 43.6 Å². The summed E-state index contributed by atoms with van der Waals surface area (Å²) in [6.07, 6.45) is 0. The van der Waals surface area contributed by atoms with Crippen LogP contribution in [0.15, 0.2) is 206 Å². The third kappa shape index (κ3) is 6.06. The van der Waals surface area contributed by atoms with Gasteiger partial charge in [0.25, 0.3) is 0 Å². The Bertz CT molecular complexity index is 2930. The van der Waals surface area contributed by atoms with Gasteiger partial charge in [-0.25, -0.2) is 4.98 Å². The smallest absolute Gasteiger partial charge is 0.238 e. The highest BCUT2D eigenvalue weighted by Gasteiger charge is 2.20. The number of rotatable bonds is 7. The van der Waals surface area contributed by atoms with Crippen molar-refractivity contribution in [1.82, 2.24) is 19.5 Å². The molecule has 10 aromatic rings. The van der Waals surface area contributed by atoms with Crippen LogP contribution in [0, 0.1) is 0 Å². The summed E-state index contributed by atoms with van der Waals surface area (Å²) in [5.41, 5.74) is 13.1. The van der Waals surface area contributed by atoms with Gasteiger partial charge in [0.05, 0.1) is 11.0 Å². The van der Waals surface area contributed by atoms with E-state index in [0.717, 1.165) is 60.8 Å². The van der Waals surface area contributed by atoms with Crippen LogP contribution in [0.3, 0.4) is 0 Å². The Morgan fingerprint density at radius 3 is 1.36 bits per heavy atom. The van der Waals surface area contributed by atoms with Gasteiger partial charge in [-0.3, -0.25) is 4.57 Å². The Balaban J connectivity index is 1.19. The van der Waals surface area contributed by atoms with Crippen molar-refractivity contribution < 1.29 is 0 Å². The van der Waals surface area contributed by atoms with E-state index < -0.39 is 0 Å². The van der Waals surface area contributed by atoms with Crippen molar-refractivity contribution in [2.45, 2.75) is 0 Å². The molecular formula is C51H34N4. The number of fused-ring (bicyclic) bond motifs is 3. The first-order chi connectivity index (χ1) is 27.3. The van der Waals surface area contributed by atoms with Gasteiger partial charge in [-0.15, -0.1) is 0 Å². The molecule has 0 spiro atoms. The van der Waals surface area contributed by atoms with Gasteiger partial charge in [-0.2, -0.15) is 9.97 Å². The summed E-state index contributed by atoms with van der Waals surface area (Å²) >= 11 is 0. The molecule has 2 aromatic heterocycles. The summed E-state index contributed by atoms with van der Waals surface area (Å²) in [6, 6.07) is 72.2. The first-order valence-corrected chi connectivity index (χ1v) is 18.5. The fourth-order valence-corrected chi connectivity index (χ4v) is 7.57. The van der Waals surface area contributed by atoms with E-state index in [0.29, 0.717) is 17.6 Å². The lowest BCUT2D eigenvalue weighted by Crippen LogP contribution is -2.07. The molecule has 0 aliphatic rings. The third-order valence-corrected chi connectivity index (χ3v) is 10.3. The second-order valence-corrected chi connectivity index (χ2v) is 13.7. The monoisotopic (exact) mass is 702 g/mol. The second kappa shape index (κ2) is 13.8. The maximum absolute atomic E-state index is 5.30. The van der Waals surface area contributed by atoms with Gasteiger partial charge in [-0.1, -0.05) is 194 Å². The predicted octanol–water partition coefficient (Wildman–Crippen LogP) is 13.0. The normalized spacial score (nSPS) is 11.3. The molecule has 0 saturated heterocycles. The van der Waals surface area contributed by atoms with E-state index in [1.165, 1.54) is 16.7 Å². The van der Waals surface area contributed by atoms with Crippen molar-refractivity contribution in [3.05, 3.63) is 206 Å². The number of hydrogen-bond acceptors (Lipinski definition) is 3. The molecular weight excluding hydrogens is 669 g/mol. The van der Waals surface area contributed by atoms with Crippen LogP contribution in [-0.2, 0) is 0 Å². The molecule has 10 rings (SSSR count). The van der Waals surface area contributed by atoms with Crippen LogP contribution in [0.5, 0.6) is 0 Å². The van der Waals surface area contributed by atoms with Crippen LogP contribution in [0.2, 0.25) is 0 Å². The van der Waals surface area contributed by atoms with E-state index in [9.17, 15) is 0 Å². The molecule has 258 valence electrons. The third-order valence-electron chi connectivity index (χ3n) is 10.3. The van der Waals surface area contributed by atoms with E-state index in [1.807, 2.05) is 12.1 Å². The van der Waals surface area contributed by atoms with Gasteiger partial charge in [0.15, 0.2) is 11.6 Å². The molecule has 0 atom stereocenters. The van der Waals surface area contributed by atoms with Gasteiger partial charge in [0.1, 0.15) is 0 Å². The lowest BCUT2D eigenvalue weighted by molar-refractivity contribution is 0.954. The number of para-hydroxylation sites is 2. The molecule has 55 heavy (non-hydrogen) atoms. The van der Waals surface area contributed by atoms with Crippen molar-refractivity contribution in [1.29, 1.82) is 0 Å². The zero-order valence-electron chi connectivity index (χ0n) is 29.9. The largest absolute Gasteiger partial charge is 0.277 e. The molecule has 0 N–H and O–H groups in total. The van der Waals surface area contributed by atoms with Crippen LogP contribution < -0.4 is 0 Å². The Hall–Kier alpha value is -7.43. The molecule has 4 heteroatoms. The average Bonchev–Trinajstić information content (AvgIpc) is 3.62. The van der Waals surface area contributed by atoms with Crippen molar-refractivity contribution in [2.75, 3.05) is 0 Å². The molecule has 0 fully saturated rings. The van der Waals surface area contributed by atoms with Gasteiger partial charge in [-0.05, 0) is 51.1 Å². The highest BCUT2D eigenvalue weighted by Crippen LogP contribution is 2.39. The van der Waals surface area contributed by atoms with E-state index in [2.05, 4.69) is 199 Å². The van der Waals surface area contributed by atoms with Gasteiger partial charge < -0.3 is 0 Å². The Kier molecular flexibility index (Phi) is 8.12. The fourth-order valence-electron chi connectivity index (χ4n) is 7.57. The van der Waals surface area contributed by atoms with Gasteiger partial charge >= 0.3 is 0 Å². The lowest BCUT2D eigenvalue weighted by atomic mass is 9.98. The Morgan fingerprint density at radius 2 is 0.727 bits per heavy atom. The molecule has 8 aromatic carbocycles. The summed E-state index contributed by atoms with van der Waals surface area (Å²) in [7, 11) is 0. The molecule has 0 bridgehead atoms. The number of nitrogens with zero attached hydrogens (tertiary/aromatic N) is 4. The first-order valence-electron chi connectivity index (χ1n) is 18.5. The summed E-state index contributed by atoms with van der Waals surface area (Å²) in [5, 5.41) is 2.28. The van der Waals surface area contributed by atoms with Crippen LogP contribution in [-0.4, -0.2) is 19.5 Å². The van der Waals surface area contributed by atoms with Crippen molar-refractivity contribution >= 4 is 21.8 Å². The minimum Gasteiger partial charge on any atom is -0.277 e. The van der Waals surface area contributed by atoms with E-state index in [4.69, 9.17) is 15.0 Å². The van der Waals surface area contributed by atoms with E-state index in [1.54, 1.807) is 0 Å². The van der Waals surface area contributed by atoms with E-state index in [-0.39, 0.29) is 0 Å². The number of aromatic nitrogens is 4. The van der Waals surface area contributed by atoms with Crippen molar-refractivity contribution in [3.8, 4) is 73.2 Å². The standard InChI is InChI=1S/C51H34N4/c1-4-14-35(15-5-1)38-26-30-40(31-27-38)44-23-13-24-46-45-22-10-11-25-47(45)55(48(44)46)51-53-49(41-32-28-39(29-33-41)36-16-6-2-7-17-36)52-50(54-51)43-21-12-20-42(34-43)37-18-8-3-9-19-37/h1-34H. The van der Waals surface area contributed by atoms with Crippen LogP contribution >= 0.6 is 0 Å². The maximum atomic E-state index is 5.30. The summed E-state index contributed by atoms with van der Waals surface area (Å²) in [4.78, 5) is 15.7. The molecule has 2 heterocycles. The van der Waals surface area contributed by atoms with Crippen molar-refractivity contribution in [2.24, 2.45) is 0 Å². The number of benzene rings is 8. The van der Waals surface area contributed by atoms with Gasteiger partial charge in [0, 0.05) is 27.5 Å². The first kappa shape index (κ1) is 32.2. The Morgan fingerprint density at radius 1 is 0.291 bits per heavy atom. The van der Waals surface area contributed by atoms with Crippen LogP contribution in [0.4, 0.5) is 0 Å². The quantitative estimate of drug-likeness (QED) is 0.166. The fraction of sp³-hybridized carbons (Fsp3) is 0. The maximum Gasteiger partial charge on any atom is 0.238 e. The number of hydrogen-bond donors (Lipinski definition) is 0. The average molecular weight is 703 g/mol. The zero-order chi connectivity index (χ0) is 36.6. The van der Waals surface area contributed by atoms with Crippen LogP contribution in [0.25, 0.3) is 95.0 Å². The zero-order valence-corrected chi connectivity index (χ0v) is 29.9. The molecule has 0 saturated carbocycles. The lowest BCUT2D eigenvalue weighted by Gasteiger charge is -2.14. The molecule has 0 aliphatic carbocycles. The minimum absolute atomic E-state index is 0.566. The molecule has 0 aliphatic heterocycles. The molecule has 0 amide bonds. The van der Waals surface area contributed by atoms with Gasteiger partial charge in [0.2, 0.25) is 5.95 Å². The summed E-state index contributed by atoms with van der Waals surface area (Å²) in [6.45, 7) is 0. The molecule has 0 unspecified atom stereocenters. The minimum atomic E-state index is 0.566. The molecule has 4 nitrogen and oxygen atoms in total. The second-order valence-electron chi connectivity index (χ2n) is 13.7. The SMILES string of the molecule is c1ccc(-c2ccc(-c3nc(-c4cccc(-c5ccccc5)c4)nc(-n4c5ccccc5c5cccc(-c6ccc(-c7ccccc7)cc6)c54)n3)cc2)cc1. The summed E-state index contributed by atoms with van der Waals surface area (Å²) < 4.78 is 2.22. The predicted molar refractivity (Wildman–Crippen MR) is 227 cm³/mol. The highest BCUT2D eigenvalue weighted by atomic mass is 15.2.